The smallest absolute Gasteiger partial charge is 0.253 e. The third kappa shape index (κ3) is 3.95. The summed E-state index contributed by atoms with van der Waals surface area (Å²) in [6.45, 7) is 0. The third-order valence-electron chi connectivity index (χ3n) is 5.19. The van der Waals surface area contributed by atoms with Crippen LogP contribution in [0.15, 0.2) is 59.9 Å². The minimum absolute atomic E-state index is 0.0801. The van der Waals surface area contributed by atoms with Crippen molar-refractivity contribution in [2.45, 2.75) is 29.7 Å². The Morgan fingerprint density at radius 2 is 1.67 bits per heavy atom. The average Bonchev–Trinajstić information content (AvgIpc) is 3.14. The predicted molar refractivity (Wildman–Crippen MR) is 119 cm³/mol. The lowest BCUT2D eigenvalue weighted by Gasteiger charge is -2.23. The van der Waals surface area contributed by atoms with Gasteiger partial charge in [-0.1, -0.05) is 59.2 Å². The van der Waals surface area contributed by atoms with Crippen molar-refractivity contribution in [3.8, 4) is 0 Å². The van der Waals surface area contributed by atoms with Crippen LogP contribution < -0.4 is 0 Å². The maximum absolute atomic E-state index is 12.8. The zero-order valence-electron chi connectivity index (χ0n) is 15.8. The lowest BCUT2D eigenvalue weighted by atomic mass is 9.82. The second-order valence-corrected chi connectivity index (χ2v) is 9.05. The summed E-state index contributed by atoms with van der Waals surface area (Å²) in [4.78, 5) is 22.0. The van der Waals surface area contributed by atoms with Crippen molar-refractivity contribution in [2.24, 2.45) is 0 Å². The van der Waals surface area contributed by atoms with Crippen molar-refractivity contribution in [1.29, 1.82) is 0 Å². The van der Waals surface area contributed by atoms with Crippen LogP contribution in [0.4, 0.5) is 0 Å². The van der Waals surface area contributed by atoms with E-state index in [1.165, 1.54) is 11.8 Å². The van der Waals surface area contributed by atoms with Crippen LogP contribution in [0.1, 0.15) is 39.5 Å². The fraction of sp³-hybridized carbons (Fsp3) is 0.182. The van der Waals surface area contributed by atoms with Gasteiger partial charge in [0, 0.05) is 28.4 Å². The number of ketones is 1. The summed E-state index contributed by atoms with van der Waals surface area (Å²) in [6.07, 6.45) is 2.91. The molecule has 2 heterocycles. The molecule has 0 aliphatic heterocycles. The van der Waals surface area contributed by atoms with Gasteiger partial charge in [0.25, 0.3) is 5.78 Å². The van der Waals surface area contributed by atoms with E-state index in [1.54, 1.807) is 10.7 Å². The number of benzene rings is 2. The lowest BCUT2D eigenvalue weighted by molar-refractivity contribution is 0.0962. The molecule has 8 heteroatoms. The Morgan fingerprint density at radius 3 is 2.40 bits per heavy atom. The van der Waals surface area contributed by atoms with Gasteiger partial charge in [-0.3, -0.25) is 4.79 Å². The molecule has 150 valence electrons. The van der Waals surface area contributed by atoms with E-state index in [9.17, 15) is 4.79 Å². The number of aromatic nitrogens is 4. The number of hydrogen-bond acceptors (Lipinski definition) is 5. The number of halogens is 2. The van der Waals surface area contributed by atoms with Crippen molar-refractivity contribution in [3.63, 3.8) is 0 Å². The third-order valence-corrected chi connectivity index (χ3v) is 6.60. The standard InChI is InChI=1S/C22H16Cl2N4OS/c23-16-5-1-13(2-6-16)12-30-22-26-21-25-19-9-15(14-3-7-17(24)8-4-14)10-20(29)18(19)11-28(21)27-22/h1-8,11,15H,9-10,12H2/t15-/m0/s1. The first-order valence-corrected chi connectivity index (χ1v) is 11.2. The SMILES string of the molecule is O=C1C[C@@H](c2ccc(Cl)cc2)Cc2nc3nc(SCc4ccc(Cl)cc4)nn3cc21. The Morgan fingerprint density at radius 1 is 0.967 bits per heavy atom. The molecule has 5 rings (SSSR count). The van der Waals surface area contributed by atoms with Gasteiger partial charge in [0.15, 0.2) is 5.78 Å². The Hall–Kier alpha value is -2.41. The van der Waals surface area contributed by atoms with Crippen molar-refractivity contribution >= 4 is 46.5 Å². The van der Waals surface area contributed by atoms with Gasteiger partial charge < -0.3 is 0 Å². The molecule has 0 saturated carbocycles. The Kier molecular flexibility index (Phi) is 5.23. The van der Waals surface area contributed by atoms with Crippen LogP contribution in [0, 0.1) is 0 Å². The molecule has 0 saturated heterocycles. The van der Waals surface area contributed by atoms with Gasteiger partial charge in [-0.15, -0.1) is 5.10 Å². The monoisotopic (exact) mass is 454 g/mol. The van der Waals surface area contributed by atoms with Crippen molar-refractivity contribution in [3.05, 3.63) is 87.2 Å². The number of nitrogens with zero attached hydrogens (tertiary/aromatic N) is 4. The van der Waals surface area contributed by atoms with Gasteiger partial charge in [0.05, 0.1) is 11.3 Å². The maximum atomic E-state index is 12.8. The van der Waals surface area contributed by atoms with Crippen molar-refractivity contribution < 1.29 is 4.79 Å². The van der Waals surface area contributed by atoms with Gasteiger partial charge in [-0.25, -0.2) is 9.50 Å². The molecule has 0 radical (unpaired) electrons. The first kappa shape index (κ1) is 19.5. The Bertz CT molecular complexity index is 1240. The van der Waals surface area contributed by atoms with Crippen LogP contribution in [-0.4, -0.2) is 25.4 Å². The first-order chi connectivity index (χ1) is 14.5. The minimum Gasteiger partial charge on any atom is -0.294 e. The van der Waals surface area contributed by atoms with Crippen molar-refractivity contribution in [1.82, 2.24) is 19.6 Å². The highest BCUT2D eigenvalue weighted by Crippen LogP contribution is 2.32. The zero-order valence-corrected chi connectivity index (χ0v) is 18.1. The molecule has 0 N–H and O–H groups in total. The average molecular weight is 455 g/mol. The molecule has 0 fully saturated rings. The highest BCUT2D eigenvalue weighted by molar-refractivity contribution is 7.98. The number of hydrogen-bond donors (Lipinski definition) is 0. The predicted octanol–water partition coefficient (Wildman–Crippen LogP) is 5.64. The topological polar surface area (TPSA) is 60.2 Å². The molecule has 30 heavy (non-hydrogen) atoms. The molecule has 1 aliphatic rings. The fourth-order valence-electron chi connectivity index (χ4n) is 3.62. The van der Waals surface area contributed by atoms with Crippen LogP contribution >= 0.6 is 35.0 Å². The van der Waals surface area contributed by atoms with E-state index in [0.717, 1.165) is 22.6 Å². The van der Waals surface area contributed by atoms with E-state index < -0.39 is 0 Å². The Labute approximate surface area is 187 Å². The second kappa shape index (κ2) is 8.02. The highest BCUT2D eigenvalue weighted by atomic mass is 35.5. The van der Waals surface area contributed by atoms with Gasteiger partial charge in [-0.2, -0.15) is 4.98 Å². The van der Waals surface area contributed by atoms with E-state index in [1.807, 2.05) is 48.5 Å². The maximum Gasteiger partial charge on any atom is 0.253 e. The molecule has 0 amide bonds. The van der Waals surface area contributed by atoms with Crippen LogP contribution in [0.25, 0.3) is 5.78 Å². The van der Waals surface area contributed by atoms with Crippen LogP contribution in [0.5, 0.6) is 0 Å². The molecular formula is C22H16Cl2N4OS. The van der Waals surface area contributed by atoms with Crippen molar-refractivity contribution in [2.75, 3.05) is 0 Å². The van der Waals surface area contributed by atoms with E-state index >= 15 is 0 Å². The molecule has 5 nitrogen and oxygen atoms in total. The molecule has 2 aromatic heterocycles. The summed E-state index contributed by atoms with van der Waals surface area (Å²) in [7, 11) is 0. The highest BCUT2D eigenvalue weighted by Gasteiger charge is 2.28. The van der Waals surface area contributed by atoms with Crippen LogP contribution in [0.2, 0.25) is 10.0 Å². The molecule has 1 aliphatic carbocycles. The van der Waals surface area contributed by atoms with Crippen LogP contribution in [-0.2, 0) is 12.2 Å². The van der Waals surface area contributed by atoms with E-state index in [-0.39, 0.29) is 11.7 Å². The van der Waals surface area contributed by atoms with E-state index in [2.05, 4.69) is 15.1 Å². The molecule has 0 spiro atoms. The quantitative estimate of drug-likeness (QED) is 0.373. The molecule has 4 aromatic rings. The van der Waals surface area contributed by atoms with Crippen LogP contribution in [0.3, 0.4) is 0 Å². The van der Waals surface area contributed by atoms with E-state index in [0.29, 0.717) is 39.4 Å². The van der Waals surface area contributed by atoms with Gasteiger partial charge in [0.1, 0.15) is 0 Å². The number of fused-ring (bicyclic) bond motifs is 2. The summed E-state index contributed by atoms with van der Waals surface area (Å²) in [5, 5.41) is 6.52. The zero-order chi connectivity index (χ0) is 20.7. The summed E-state index contributed by atoms with van der Waals surface area (Å²) in [6, 6.07) is 15.4. The molecule has 2 aromatic carbocycles. The number of rotatable bonds is 4. The normalized spacial score (nSPS) is 16.1. The molecule has 0 bridgehead atoms. The number of thioether (sulfide) groups is 1. The van der Waals surface area contributed by atoms with E-state index in [4.69, 9.17) is 23.2 Å². The molecule has 1 atom stereocenters. The summed E-state index contributed by atoms with van der Waals surface area (Å²) < 4.78 is 1.60. The molecule has 0 unspecified atom stereocenters. The number of carbonyl (C=O) groups excluding carboxylic acids is 1. The van der Waals surface area contributed by atoms with Gasteiger partial charge >= 0.3 is 0 Å². The summed E-state index contributed by atoms with van der Waals surface area (Å²) in [5.74, 6) is 1.41. The summed E-state index contributed by atoms with van der Waals surface area (Å²) >= 11 is 13.5. The van der Waals surface area contributed by atoms with Gasteiger partial charge in [-0.05, 0) is 47.7 Å². The fourth-order valence-corrected chi connectivity index (χ4v) is 4.66. The Balaban J connectivity index is 1.39. The van der Waals surface area contributed by atoms with Gasteiger partial charge in [0.2, 0.25) is 5.16 Å². The number of Topliss-reactive ketones (excluding diaryl/α,β-unsaturated/α-hetero) is 1. The minimum atomic E-state index is 0.0801. The second-order valence-electron chi connectivity index (χ2n) is 7.24. The lowest BCUT2D eigenvalue weighted by Crippen LogP contribution is -2.21. The largest absolute Gasteiger partial charge is 0.294 e. The number of carbonyl (C=O) groups is 1. The summed E-state index contributed by atoms with van der Waals surface area (Å²) in [5.41, 5.74) is 3.64. The first-order valence-electron chi connectivity index (χ1n) is 9.47. The molecular weight excluding hydrogens is 439 g/mol.